The van der Waals surface area contributed by atoms with Crippen molar-refractivity contribution >= 4 is 17.5 Å². The number of benzene rings is 1. The fourth-order valence-corrected chi connectivity index (χ4v) is 1.45. The van der Waals surface area contributed by atoms with E-state index < -0.39 is 0 Å². The normalized spacial score (nSPS) is 11.9. The first-order valence-corrected chi connectivity index (χ1v) is 6.18. The van der Waals surface area contributed by atoms with Crippen LogP contribution in [0, 0.1) is 0 Å². The van der Waals surface area contributed by atoms with Crippen molar-refractivity contribution in [2.45, 2.75) is 32.7 Å². The molecule has 0 saturated carbocycles. The van der Waals surface area contributed by atoms with Crippen LogP contribution in [-0.4, -0.2) is 18.6 Å². The minimum absolute atomic E-state index is 0.00593. The zero-order valence-electron chi connectivity index (χ0n) is 10.2. The first kappa shape index (κ1) is 13.8. The molecule has 1 atom stereocenters. The fourth-order valence-electron chi connectivity index (χ4n) is 1.26. The molecule has 1 unspecified atom stereocenters. The standard InChI is InChI=1S/C13H18ClNO2/c1-3-10(2)15-13(16)8-9-17-12-7-5-4-6-11(12)14/h4-7,10H,3,8-9H2,1-2H3,(H,15,16). The number of rotatable bonds is 6. The second-order valence-corrected chi connectivity index (χ2v) is 4.31. The molecular weight excluding hydrogens is 238 g/mol. The first-order valence-electron chi connectivity index (χ1n) is 5.80. The molecule has 0 bridgehead atoms. The number of para-hydroxylation sites is 1. The Morgan fingerprint density at radius 1 is 1.47 bits per heavy atom. The quantitative estimate of drug-likeness (QED) is 0.849. The lowest BCUT2D eigenvalue weighted by Gasteiger charge is -2.12. The van der Waals surface area contributed by atoms with Crippen molar-refractivity contribution in [2.75, 3.05) is 6.61 Å². The van der Waals surface area contributed by atoms with E-state index in [2.05, 4.69) is 5.32 Å². The first-order chi connectivity index (χ1) is 8.13. The molecule has 0 fully saturated rings. The number of ether oxygens (including phenoxy) is 1. The van der Waals surface area contributed by atoms with Gasteiger partial charge in [-0.15, -0.1) is 0 Å². The van der Waals surface area contributed by atoms with Crippen molar-refractivity contribution in [2.24, 2.45) is 0 Å². The Morgan fingerprint density at radius 3 is 2.82 bits per heavy atom. The predicted molar refractivity (Wildman–Crippen MR) is 69.5 cm³/mol. The van der Waals surface area contributed by atoms with E-state index in [1.807, 2.05) is 26.0 Å². The molecule has 0 aliphatic heterocycles. The van der Waals surface area contributed by atoms with E-state index in [0.29, 0.717) is 23.8 Å². The van der Waals surface area contributed by atoms with Gasteiger partial charge in [0.15, 0.2) is 0 Å². The molecule has 0 spiro atoms. The van der Waals surface area contributed by atoms with Crippen LogP contribution < -0.4 is 10.1 Å². The van der Waals surface area contributed by atoms with Crippen molar-refractivity contribution < 1.29 is 9.53 Å². The molecule has 1 aromatic carbocycles. The summed E-state index contributed by atoms with van der Waals surface area (Å²) in [5, 5.41) is 3.44. The summed E-state index contributed by atoms with van der Waals surface area (Å²) in [5.41, 5.74) is 0. The van der Waals surface area contributed by atoms with Gasteiger partial charge in [0.2, 0.25) is 5.91 Å². The minimum atomic E-state index is 0.00593. The van der Waals surface area contributed by atoms with Crippen LogP contribution in [0.3, 0.4) is 0 Å². The summed E-state index contributed by atoms with van der Waals surface area (Å²) in [5.74, 6) is 0.622. The van der Waals surface area contributed by atoms with Gasteiger partial charge in [-0.25, -0.2) is 0 Å². The van der Waals surface area contributed by atoms with Gasteiger partial charge >= 0.3 is 0 Å². The Morgan fingerprint density at radius 2 is 2.18 bits per heavy atom. The van der Waals surface area contributed by atoms with Crippen molar-refractivity contribution in [1.29, 1.82) is 0 Å². The molecule has 3 nitrogen and oxygen atoms in total. The lowest BCUT2D eigenvalue weighted by molar-refractivity contribution is -0.122. The highest BCUT2D eigenvalue weighted by atomic mass is 35.5. The Hall–Kier alpha value is -1.22. The number of carbonyl (C=O) groups is 1. The van der Waals surface area contributed by atoms with Crippen LogP contribution in [0.5, 0.6) is 5.75 Å². The maximum atomic E-state index is 11.5. The third-order valence-corrected chi connectivity index (χ3v) is 2.76. The van der Waals surface area contributed by atoms with Gasteiger partial charge in [0.25, 0.3) is 0 Å². The molecule has 4 heteroatoms. The number of hydrogen-bond donors (Lipinski definition) is 1. The number of amides is 1. The zero-order valence-corrected chi connectivity index (χ0v) is 11.0. The van der Waals surface area contributed by atoms with Crippen LogP contribution in [0.15, 0.2) is 24.3 Å². The summed E-state index contributed by atoms with van der Waals surface area (Å²) in [6.07, 6.45) is 1.27. The summed E-state index contributed by atoms with van der Waals surface area (Å²) in [6, 6.07) is 7.44. The molecule has 1 aromatic rings. The number of halogens is 1. The number of carbonyl (C=O) groups excluding carboxylic acids is 1. The van der Waals surface area contributed by atoms with E-state index in [4.69, 9.17) is 16.3 Å². The van der Waals surface area contributed by atoms with Crippen LogP contribution in [-0.2, 0) is 4.79 Å². The predicted octanol–water partition coefficient (Wildman–Crippen LogP) is 3.02. The van der Waals surface area contributed by atoms with Crippen LogP contribution >= 0.6 is 11.6 Å². The third-order valence-electron chi connectivity index (χ3n) is 2.44. The molecule has 94 valence electrons. The van der Waals surface area contributed by atoms with Gasteiger partial charge in [0.05, 0.1) is 18.1 Å². The van der Waals surface area contributed by atoms with Crippen LogP contribution in [0.1, 0.15) is 26.7 Å². The van der Waals surface area contributed by atoms with Gasteiger partial charge in [-0.05, 0) is 25.5 Å². The van der Waals surface area contributed by atoms with E-state index in [1.165, 1.54) is 0 Å². The highest BCUT2D eigenvalue weighted by Crippen LogP contribution is 2.22. The Kier molecular flexibility index (Phi) is 5.84. The van der Waals surface area contributed by atoms with Crippen LogP contribution in [0.2, 0.25) is 5.02 Å². The largest absolute Gasteiger partial charge is 0.491 e. The lowest BCUT2D eigenvalue weighted by Crippen LogP contribution is -2.32. The molecule has 0 aromatic heterocycles. The summed E-state index contributed by atoms with van der Waals surface area (Å²) in [7, 11) is 0. The second kappa shape index (κ2) is 7.17. The molecular formula is C13H18ClNO2. The van der Waals surface area contributed by atoms with Crippen LogP contribution in [0.25, 0.3) is 0 Å². The summed E-state index contributed by atoms with van der Waals surface area (Å²) >= 11 is 5.92. The van der Waals surface area contributed by atoms with E-state index in [1.54, 1.807) is 12.1 Å². The highest BCUT2D eigenvalue weighted by Gasteiger charge is 2.06. The molecule has 17 heavy (non-hydrogen) atoms. The number of hydrogen-bond acceptors (Lipinski definition) is 2. The number of nitrogens with one attached hydrogen (secondary N) is 1. The van der Waals surface area contributed by atoms with Crippen LogP contribution in [0.4, 0.5) is 0 Å². The topological polar surface area (TPSA) is 38.3 Å². The molecule has 1 amide bonds. The smallest absolute Gasteiger partial charge is 0.223 e. The van der Waals surface area contributed by atoms with Crippen molar-refractivity contribution in [1.82, 2.24) is 5.32 Å². The van der Waals surface area contributed by atoms with E-state index in [9.17, 15) is 4.79 Å². The minimum Gasteiger partial charge on any atom is -0.491 e. The van der Waals surface area contributed by atoms with E-state index >= 15 is 0 Å². The van der Waals surface area contributed by atoms with Gasteiger partial charge in [0, 0.05) is 6.04 Å². The second-order valence-electron chi connectivity index (χ2n) is 3.91. The lowest BCUT2D eigenvalue weighted by atomic mass is 10.2. The van der Waals surface area contributed by atoms with Crippen molar-refractivity contribution in [3.63, 3.8) is 0 Å². The highest BCUT2D eigenvalue weighted by molar-refractivity contribution is 6.32. The molecule has 0 aliphatic rings. The Bertz CT molecular complexity index is 368. The molecule has 0 radical (unpaired) electrons. The SMILES string of the molecule is CCC(C)NC(=O)CCOc1ccccc1Cl. The molecule has 0 heterocycles. The Balaban J connectivity index is 2.29. The average molecular weight is 256 g/mol. The van der Waals surface area contributed by atoms with Gasteiger partial charge in [-0.1, -0.05) is 30.7 Å². The molecule has 0 saturated heterocycles. The van der Waals surface area contributed by atoms with Gasteiger partial charge in [-0.2, -0.15) is 0 Å². The third kappa shape index (κ3) is 5.09. The maximum Gasteiger partial charge on any atom is 0.223 e. The monoisotopic (exact) mass is 255 g/mol. The van der Waals surface area contributed by atoms with E-state index in [0.717, 1.165) is 6.42 Å². The maximum absolute atomic E-state index is 11.5. The Labute approximate surface area is 107 Å². The molecule has 1 rings (SSSR count). The van der Waals surface area contributed by atoms with Gasteiger partial charge < -0.3 is 10.1 Å². The summed E-state index contributed by atoms with van der Waals surface area (Å²) in [4.78, 5) is 11.5. The summed E-state index contributed by atoms with van der Waals surface area (Å²) in [6.45, 7) is 4.35. The molecule has 0 aliphatic carbocycles. The average Bonchev–Trinajstić information content (AvgIpc) is 2.31. The van der Waals surface area contributed by atoms with Gasteiger partial charge in [0.1, 0.15) is 5.75 Å². The summed E-state index contributed by atoms with van der Waals surface area (Å²) < 4.78 is 5.43. The van der Waals surface area contributed by atoms with E-state index in [-0.39, 0.29) is 11.9 Å². The molecule has 1 N–H and O–H groups in total. The van der Waals surface area contributed by atoms with Gasteiger partial charge in [-0.3, -0.25) is 4.79 Å². The fraction of sp³-hybridized carbons (Fsp3) is 0.462. The zero-order chi connectivity index (χ0) is 12.7. The van der Waals surface area contributed by atoms with Crippen molar-refractivity contribution in [3.8, 4) is 5.75 Å². The van der Waals surface area contributed by atoms with Crippen molar-refractivity contribution in [3.05, 3.63) is 29.3 Å².